The van der Waals surface area contributed by atoms with Crippen LogP contribution in [0, 0.1) is 12.8 Å². The lowest BCUT2D eigenvalue weighted by molar-refractivity contribution is -0.142. The first kappa shape index (κ1) is 23.7. The van der Waals surface area contributed by atoms with Crippen LogP contribution in [0.1, 0.15) is 29.8 Å². The topological polar surface area (TPSA) is 103 Å². The summed E-state index contributed by atoms with van der Waals surface area (Å²) in [5, 5.41) is 5.64. The maximum atomic E-state index is 12.9. The first-order valence-corrected chi connectivity index (χ1v) is 9.81. The summed E-state index contributed by atoms with van der Waals surface area (Å²) >= 11 is 0. The van der Waals surface area contributed by atoms with E-state index in [1.807, 2.05) is 13.8 Å². The fourth-order valence-corrected chi connectivity index (χ4v) is 2.86. The van der Waals surface area contributed by atoms with E-state index in [9.17, 15) is 14.4 Å². The molecule has 1 unspecified atom stereocenters. The molecule has 0 saturated carbocycles. The van der Waals surface area contributed by atoms with Crippen LogP contribution in [0.5, 0.6) is 11.5 Å². The SMILES string of the molecule is COC(=O)COc1ccc(NC(=O)C(NC(=O)c2ccccc2OC)C(C)C)c(C)c1. The molecule has 2 amide bonds. The number of aryl methyl sites for hydroxylation is 1. The number of benzene rings is 2. The van der Waals surface area contributed by atoms with Crippen molar-refractivity contribution >= 4 is 23.5 Å². The van der Waals surface area contributed by atoms with E-state index < -0.39 is 17.9 Å². The lowest BCUT2D eigenvalue weighted by Crippen LogP contribution is -2.47. The Labute approximate surface area is 181 Å². The quantitative estimate of drug-likeness (QED) is 0.596. The third-order valence-corrected chi connectivity index (χ3v) is 4.63. The van der Waals surface area contributed by atoms with Crippen molar-refractivity contribution in [3.05, 3.63) is 53.6 Å². The number of methoxy groups -OCH3 is 2. The molecule has 31 heavy (non-hydrogen) atoms. The number of carbonyl (C=O) groups is 3. The summed E-state index contributed by atoms with van der Waals surface area (Å²) in [6.45, 7) is 5.30. The number of amides is 2. The van der Waals surface area contributed by atoms with Gasteiger partial charge in [-0.3, -0.25) is 9.59 Å². The highest BCUT2D eigenvalue weighted by atomic mass is 16.6. The number of nitrogens with one attached hydrogen (secondary N) is 2. The number of hydrogen-bond donors (Lipinski definition) is 2. The third kappa shape index (κ3) is 6.47. The van der Waals surface area contributed by atoms with E-state index in [-0.39, 0.29) is 18.4 Å². The van der Waals surface area contributed by atoms with Crippen LogP contribution in [0.25, 0.3) is 0 Å². The van der Waals surface area contributed by atoms with E-state index >= 15 is 0 Å². The van der Waals surface area contributed by atoms with Crippen molar-refractivity contribution in [2.45, 2.75) is 26.8 Å². The molecule has 8 nitrogen and oxygen atoms in total. The van der Waals surface area contributed by atoms with Gasteiger partial charge in [-0.05, 0) is 48.7 Å². The second-order valence-electron chi connectivity index (χ2n) is 7.23. The van der Waals surface area contributed by atoms with Gasteiger partial charge < -0.3 is 24.8 Å². The van der Waals surface area contributed by atoms with Crippen molar-refractivity contribution in [2.24, 2.45) is 5.92 Å². The van der Waals surface area contributed by atoms with Gasteiger partial charge in [0.25, 0.3) is 5.91 Å². The standard InChI is InChI=1S/C23H28N2O6/c1-14(2)21(25-22(27)17-8-6-7-9-19(17)29-4)23(28)24-18-11-10-16(12-15(18)3)31-13-20(26)30-5/h6-12,14,21H,13H2,1-5H3,(H,24,28)(H,25,27). The summed E-state index contributed by atoms with van der Waals surface area (Å²) in [4.78, 5) is 36.9. The molecule has 0 heterocycles. The second kappa shape index (κ2) is 11.0. The van der Waals surface area contributed by atoms with Gasteiger partial charge in [-0.15, -0.1) is 0 Å². The van der Waals surface area contributed by atoms with Gasteiger partial charge in [0.05, 0.1) is 19.8 Å². The lowest BCUT2D eigenvalue weighted by Gasteiger charge is -2.23. The van der Waals surface area contributed by atoms with E-state index in [2.05, 4.69) is 15.4 Å². The maximum absolute atomic E-state index is 12.9. The Bertz CT molecular complexity index is 941. The fraction of sp³-hybridized carbons (Fsp3) is 0.348. The minimum absolute atomic E-state index is 0.151. The summed E-state index contributed by atoms with van der Waals surface area (Å²) in [6, 6.07) is 11.1. The number of carbonyl (C=O) groups excluding carboxylic acids is 3. The zero-order chi connectivity index (χ0) is 23.0. The van der Waals surface area contributed by atoms with Gasteiger partial charge in [-0.25, -0.2) is 4.79 Å². The number of para-hydroxylation sites is 1. The molecule has 2 N–H and O–H groups in total. The highest BCUT2D eigenvalue weighted by Gasteiger charge is 2.26. The van der Waals surface area contributed by atoms with Gasteiger partial charge in [0.15, 0.2) is 6.61 Å². The predicted octanol–water partition coefficient (Wildman–Crippen LogP) is 2.95. The molecule has 0 bridgehead atoms. The minimum atomic E-state index is -0.757. The van der Waals surface area contributed by atoms with Crippen molar-refractivity contribution < 1.29 is 28.6 Å². The normalized spacial score (nSPS) is 11.4. The maximum Gasteiger partial charge on any atom is 0.343 e. The van der Waals surface area contributed by atoms with E-state index in [0.29, 0.717) is 22.7 Å². The monoisotopic (exact) mass is 428 g/mol. The Balaban J connectivity index is 2.10. The Kier molecular flexibility index (Phi) is 8.43. The van der Waals surface area contributed by atoms with Crippen LogP contribution in [0.15, 0.2) is 42.5 Å². The smallest absolute Gasteiger partial charge is 0.343 e. The highest BCUT2D eigenvalue weighted by molar-refractivity contribution is 6.02. The molecule has 2 aromatic rings. The van der Waals surface area contributed by atoms with E-state index in [4.69, 9.17) is 9.47 Å². The number of anilines is 1. The fourth-order valence-electron chi connectivity index (χ4n) is 2.86. The summed E-state index contributed by atoms with van der Waals surface area (Å²) in [5.41, 5.74) is 1.67. The van der Waals surface area contributed by atoms with Crippen molar-refractivity contribution in [1.82, 2.24) is 5.32 Å². The largest absolute Gasteiger partial charge is 0.496 e. The minimum Gasteiger partial charge on any atom is -0.496 e. The summed E-state index contributed by atoms with van der Waals surface area (Å²) in [6.07, 6.45) is 0. The molecule has 0 aliphatic carbocycles. The van der Waals surface area contributed by atoms with Crippen LogP contribution in [-0.4, -0.2) is 44.7 Å². The molecule has 0 fully saturated rings. The van der Waals surface area contributed by atoms with E-state index in [1.54, 1.807) is 49.4 Å². The third-order valence-electron chi connectivity index (χ3n) is 4.63. The van der Waals surface area contributed by atoms with Gasteiger partial charge in [-0.2, -0.15) is 0 Å². The molecule has 0 radical (unpaired) electrons. The zero-order valence-electron chi connectivity index (χ0n) is 18.4. The van der Waals surface area contributed by atoms with Crippen molar-refractivity contribution in [3.8, 4) is 11.5 Å². The highest BCUT2D eigenvalue weighted by Crippen LogP contribution is 2.22. The molecule has 2 aromatic carbocycles. The van der Waals surface area contributed by atoms with E-state index in [1.165, 1.54) is 14.2 Å². The van der Waals surface area contributed by atoms with Crippen LogP contribution < -0.4 is 20.1 Å². The lowest BCUT2D eigenvalue weighted by atomic mass is 10.0. The average Bonchev–Trinajstić information content (AvgIpc) is 2.76. The Hall–Kier alpha value is -3.55. The Morgan fingerprint density at radius 3 is 2.35 bits per heavy atom. The molecule has 0 aliphatic rings. The first-order valence-electron chi connectivity index (χ1n) is 9.81. The summed E-state index contributed by atoms with van der Waals surface area (Å²) in [7, 11) is 2.77. The van der Waals surface area contributed by atoms with Gasteiger partial charge in [-0.1, -0.05) is 26.0 Å². The second-order valence-corrected chi connectivity index (χ2v) is 7.23. The van der Waals surface area contributed by atoms with Gasteiger partial charge in [0.1, 0.15) is 17.5 Å². The van der Waals surface area contributed by atoms with Crippen LogP contribution in [0.4, 0.5) is 5.69 Å². The predicted molar refractivity (Wildman–Crippen MR) is 116 cm³/mol. The summed E-state index contributed by atoms with van der Waals surface area (Å²) < 4.78 is 15.1. The number of esters is 1. The van der Waals surface area contributed by atoms with Crippen LogP contribution in [0.2, 0.25) is 0 Å². The van der Waals surface area contributed by atoms with Crippen molar-refractivity contribution in [2.75, 3.05) is 26.1 Å². The van der Waals surface area contributed by atoms with Gasteiger partial charge in [0, 0.05) is 5.69 Å². The molecule has 0 aromatic heterocycles. The summed E-state index contributed by atoms with van der Waals surface area (Å²) in [5.74, 6) is -0.464. The Morgan fingerprint density at radius 2 is 1.74 bits per heavy atom. The number of hydrogen-bond acceptors (Lipinski definition) is 6. The van der Waals surface area contributed by atoms with E-state index in [0.717, 1.165) is 5.56 Å². The molecule has 2 rings (SSSR count). The van der Waals surface area contributed by atoms with Gasteiger partial charge >= 0.3 is 5.97 Å². The molecule has 8 heteroatoms. The van der Waals surface area contributed by atoms with Crippen LogP contribution in [0.3, 0.4) is 0 Å². The van der Waals surface area contributed by atoms with Crippen molar-refractivity contribution in [1.29, 1.82) is 0 Å². The van der Waals surface area contributed by atoms with Gasteiger partial charge in [0.2, 0.25) is 5.91 Å². The molecule has 0 spiro atoms. The van der Waals surface area contributed by atoms with Crippen LogP contribution >= 0.6 is 0 Å². The average molecular weight is 428 g/mol. The number of rotatable bonds is 9. The molecule has 166 valence electrons. The Morgan fingerprint density at radius 1 is 1.03 bits per heavy atom. The molecular formula is C23H28N2O6. The molecule has 0 aliphatic heterocycles. The van der Waals surface area contributed by atoms with Crippen molar-refractivity contribution in [3.63, 3.8) is 0 Å². The molecule has 0 saturated heterocycles. The number of ether oxygens (including phenoxy) is 3. The molecule has 1 atom stereocenters. The zero-order valence-corrected chi connectivity index (χ0v) is 18.4. The molecular weight excluding hydrogens is 400 g/mol. The van der Waals surface area contributed by atoms with Crippen LogP contribution in [-0.2, 0) is 14.3 Å². The first-order chi connectivity index (χ1) is 14.8.